The minimum absolute atomic E-state index is 0.186. The number of nitrogens with zero attached hydrogens (tertiary/aromatic N) is 6. The van der Waals surface area contributed by atoms with Crippen molar-refractivity contribution in [2.45, 2.75) is 91.3 Å². The Kier molecular flexibility index (Phi) is 12.9. The summed E-state index contributed by atoms with van der Waals surface area (Å²) >= 11 is 3.46. The summed E-state index contributed by atoms with van der Waals surface area (Å²) in [6.07, 6.45) is 9.40. The number of rotatable bonds is 16. The van der Waals surface area contributed by atoms with Gasteiger partial charge in [0.05, 0.1) is 46.4 Å². The molecule has 13 nitrogen and oxygen atoms in total. The molecule has 3 aromatic carbocycles. The second-order valence-corrected chi connectivity index (χ2v) is 19.4. The van der Waals surface area contributed by atoms with E-state index in [-0.39, 0.29) is 29.8 Å². The number of benzene rings is 3. The lowest BCUT2D eigenvalue weighted by Gasteiger charge is -2.19. The molecule has 0 amide bonds. The number of fused-ring (bicyclic) bond motifs is 2. The van der Waals surface area contributed by atoms with E-state index in [0.29, 0.717) is 58.6 Å². The van der Waals surface area contributed by atoms with E-state index in [1.54, 1.807) is 55.2 Å². The van der Waals surface area contributed by atoms with Crippen LogP contribution in [0.2, 0.25) is 0 Å². The first-order valence-corrected chi connectivity index (χ1v) is 22.7. The zero-order valence-electron chi connectivity index (χ0n) is 37.5. The van der Waals surface area contributed by atoms with Crippen LogP contribution in [0.5, 0.6) is 11.6 Å². The summed E-state index contributed by atoms with van der Waals surface area (Å²) in [7, 11) is 0. The smallest absolute Gasteiger partial charge is 0.239 e. The van der Waals surface area contributed by atoms with Gasteiger partial charge >= 0.3 is 0 Å². The number of carbonyl (C=O) groups excluding carboxylic acids is 2. The van der Waals surface area contributed by atoms with Gasteiger partial charge in [-0.3, -0.25) is 9.59 Å². The number of ketones is 2. The summed E-state index contributed by atoms with van der Waals surface area (Å²) < 4.78 is 23.4. The van der Waals surface area contributed by atoms with Crippen LogP contribution < -0.4 is 15.4 Å². The summed E-state index contributed by atoms with van der Waals surface area (Å²) in [5.74, 6) is 1.89. The second-order valence-electron chi connectivity index (χ2n) is 18.6. The Morgan fingerprint density at radius 2 is 1.17 bits per heavy atom. The van der Waals surface area contributed by atoms with Crippen LogP contribution >= 0.6 is 15.9 Å². The van der Waals surface area contributed by atoms with Gasteiger partial charge in [0, 0.05) is 54.3 Å². The summed E-state index contributed by atoms with van der Waals surface area (Å²) in [5, 5.41) is 35.9. The van der Waals surface area contributed by atoms with Crippen LogP contribution in [0.1, 0.15) is 98.1 Å². The number of aryl methyl sites for hydroxylation is 2. The molecule has 338 valence electrons. The first kappa shape index (κ1) is 45.5. The SMILES string of the molecule is Cc1cc(-c2cnc3c(NCC(C)(C)O)cc(Br)nn23)ccc1C(=O)CC1CC1.Cc1cc(-c2cnc3c(NCC(C)(C)O)cc(Oc4ccc(F)cc4)nn23)ccc1C(=O)CC1CC1. The van der Waals surface area contributed by atoms with Gasteiger partial charge in [-0.1, -0.05) is 24.3 Å². The fourth-order valence-electron chi connectivity index (χ4n) is 7.49. The zero-order chi connectivity index (χ0) is 46.2. The summed E-state index contributed by atoms with van der Waals surface area (Å²) in [6, 6.07) is 20.9. The highest BCUT2D eigenvalue weighted by atomic mass is 79.9. The molecule has 4 N–H and O–H groups in total. The lowest BCUT2D eigenvalue weighted by molar-refractivity contribution is 0.0939. The number of Topliss-reactive ketones (excluding diaryl/α,β-unsaturated/α-hetero) is 2. The van der Waals surface area contributed by atoms with E-state index in [0.717, 1.165) is 63.3 Å². The quantitative estimate of drug-likeness (QED) is 0.0681. The molecule has 0 bridgehead atoms. The predicted molar refractivity (Wildman–Crippen MR) is 253 cm³/mol. The topological polar surface area (TPSA) is 168 Å². The highest BCUT2D eigenvalue weighted by Gasteiger charge is 2.27. The average molecular weight is 946 g/mol. The van der Waals surface area contributed by atoms with Crippen LogP contribution in [-0.2, 0) is 0 Å². The number of nitrogens with one attached hydrogen (secondary N) is 2. The van der Waals surface area contributed by atoms with Crippen LogP contribution in [0.15, 0.2) is 89.8 Å². The number of aromatic nitrogens is 6. The lowest BCUT2D eigenvalue weighted by atomic mass is 9.98. The Morgan fingerprint density at radius 3 is 1.62 bits per heavy atom. The molecule has 0 radical (unpaired) electrons. The molecule has 65 heavy (non-hydrogen) atoms. The molecular formula is C50H54BrFN8O5. The number of hydrogen-bond donors (Lipinski definition) is 4. The van der Waals surface area contributed by atoms with E-state index >= 15 is 0 Å². The Hall–Kier alpha value is -6.03. The third-order valence-electron chi connectivity index (χ3n) is 11.3. The van der Waals surface area contributed by atoms with Gasteiger partial charge in [-0.15, -0.1) is 5.10 Å². The molecule has 4 heterocycles. The first-order chi connectivity index (χ1) is 30.9. The molecule has 0 spiro atoms. The van der Waals surface area contributed by atoms with Crippen molar-refractivity contribution in [3.05, 3.63) is 118 Å². The molecule has 0 aliphatic heterocycles. The van der Waals surface area contributed by atoms with Gasteiger partial charge in [-0.25, -0.2) is 23.4 Å². The Labute approximate surface area is 385 Å². The maximum atomic E-state index is 13.3. The van der Waals surface area contributed by atoms with E-state index in [9.17, 15) is 24.2 Å². The number of halogens is 2. The van der Waals surface area contributed by atoms with Gasteiger partial charge in [0.25, 0.3) is 0 Å². The van der Waals surface area contributed by atoms with Crippen LogP contribution in [0.25, 0.3) is 33.8 Å². The van der Waals surface area contributed by atoms with E-state index < -0.39 is 11.2 Å². The van der Waals surface area contributed by atoms with Crippen molar-refractivity contribution in [2.24, 2.45) is 11.8 Å². The van der Waals surface area contributed by atoms with E-state index in [1.165, 1.54) is 37.1 Å². The first-order valence-electron chi connectivity index (χ1n) is 21.9. The van der Waals surface area contributed by atoms with Gasteiger partial charge in [0.1, 0.15) is 16.2 Å². The third-order valence-corrected chi connectivity index (χ3v) is 11.7. The van der Waals surface area contributed by atoms with Crippen molar-refractivity contribution < 1.29 is 28.9 Å². The van der Waals surface area contributed by atoms with Crippen LogP contribution in [0, 0.1) is 31.5 Å². The molecule has 0 unspecified atom stereocenters. The maximum absolute atomic E-state index is 13.3. The molecule has 0 atom stereocenters. The largest absolute Gasteiger partial charge is 0.438 e. The molecular weight excluding hydrogens is 892 g/mol. The fourth-order valence-corrected chi connectivity index (χ4v) is 7.88. The fraction of sp³-hybridized carbons (Fsp3) is 0.360. The minimum atomic E-state index is -0.951. The molecule has 15 heteroatoms. The van der Waals surface area contributed by atoms with E-state index in [1.807, 2.05) is 56.3 Å². The van der Waals surface area contributed by atoms with Crippen LogP contribution in [0.4, 0.5) is 15.8 Å². The molecule has 2 saturated carbocycles. The normalized spacial score (nSPS) is 14.0. The Bertz CT molecular complexity index is 2890. The highest BCUT2D eigenvalue weighted by Crippen LogP contribution is 2.36. The highest BCUT2D eigenvalue weighted by molar-refractivity contribution is 9.10. The molecule has 4 aromatic heterocycles. The number of carbonyl (C=O) groups is 2. The Morgan fingerprint density at radius 1 is 0.708 bits per heavy atom. The zero-order valence-corrected chi connectivity index (χ0v) is 39.0. The van der Waals surface area contributed by atoms with Gasteiger partial charge in [-0.2, -0.15) is 5.10 Å². The Balaban J connectivity index is 0.000000181. The number of aliphatic hydroxyl groups is 2. The molecule has 7 aromatic rings. The van der Waals surface area contributed by atoms with Crippen molar-refractivity contribution in [3.63, 3.8) is 0 Å². The minimum Gasteiger partial charge on any atom is -0.438 e. The van der Waals surface area contributed by atoms with Gasteiger partial charge in [0.2, 0.25) is 5.88 Å². The summed E-state index contributed by atoms with van der Waals surface area (Å²) in [4.78, 5) is 34.3. The van der Waals surface area contributed by atoms with Crippen molar-refractivity contribution in [2.75, 3.05) is 23.7 Å². The second kappa shape index (κ2) is 18.5. The molecule has 2 aliphatic rings. The number of hydrogen-bond acceptors (Lipinski definition) is 11. The van der Waals surface area contributed by atoms with Crippen molar-refractivity contribution in [1.29, 1.82) is 0 Å². The van der Waals surface area contributed by atoms with Gasteiger partial charge < -0.3 is 25.6 Å². The van der Waals surface area contributed by atoms with Crippen molar-refractivity contribution >= 4 is 50.2 Å². The molecule has 2 fully saturated rings. The van der Waals surface area contributed by atoms with Crippen LogP contribution in [-0.4, -0.2) is 75.3 Å². The molecule has 2 aliphatic carbocycles. The average Bonchev–Trinajstić information content (AvgIpc) is 4.16. The monoisotopic (exact) mass is 944 g/mol. The predicted octanol–water partition coefficient (Wildman–Crippen LogP) is 10.4. The summed E-state index contributed by atoms with van der Waals surface area (Å²) in [5.41, 5.74) is 7.68. The van der Waals surface area contributed by atoms with E-state index in [2.05, 4.69) is 46.7 Å². The van der Waals surface area contributed by atoms with Gasteiger partial charge in [-0.05, 0) is 149 Å². The van der Waals surface area contributed by atoms with Crippen molar-refractivity contribution in [1.82, 2.24) is 29.2 Å². The third kappa shape index (κ3) is 11.4. The standard InChI is InChI=1S/C28H29FN4O3.C22H25BrN4O2/c1-17-12-19(6-11-22(17)25(34)13-18-4-5-18)24-15-30-27-23(31-16-28(2,3)35)14-26(32-33(24)27)36-21-9-7-20(29)8-10-21;1-13-8-15(6-7-16(13)19(28)9-14-4-5-14)18-11-24-21-17(25-12-22(2,3)29)10-20(23)26-27(18)21/h6-12,14-15,18,31,35H,4-5,13,16H2,1-3H3;6-8,10-11,14,25,29H,4-5,9,12H2,1-3H3. The number of anilines is 2. The van der Waals surface area contributed by atoms with Crippen LogP contribution in [0.3, 0.4) is 0 Å². The van der Waals surface area contributed by atoms with Gasteiger partial charge in [0.15, 0.2) is 22.9 Å². The number of ether oxygens (including phenoxy) is 1. The number of imidazole rings is 2. The lowest BCUT2D eigenvalue weighted by Crippen LogP contribution is -2.29. The maximum Gasteiger partial charge on any atom is 0.239 e. The van der Waals surface area contributed by atoms with E-state index in [4.69, 9.17) is 4.74 Å². The summed E-state index contributed by atoms with van der Waals surface area (Å²) in [6.45, 7) is 11.5. The van der Waals surface area contributed by atoms with Crippen molar-refractivity contribution in [3.8, 4) is 34.1 Å². The molecule has 0 saturated heterocycles. The molecule has 9 rings (SSSR count).